The Kier molecular flexibility index (Phi) is 4.28. The minimum absolute atomic E-state index is 0.0819. The van der Waals surface area contributed by atoms with Crippen LogP contribution in [0.3, 0.4) is 0 Å². The number of fused-ring (bicyclic) bond motifs is 3. The number of rotatable bonds is 5. The largest absolute Gasteiger partial charge is 0.872 e. The predicted molar refractivity (Wildman–Crippen MR) is 102 cm³/mol. The Hall–Kier alpha value is -4.08. The van der Waals surface area contributed by atoms with Gasteiger partial charge in [0, 0.05) is 24.1 Å². The maximum atomic E-state index is 11.8. The molecule has 0 saturated heterocycles. The predicted octanol–water partition coefficient (Wildman–Crippen LogP) is 2.43. The van der Waals surface area contributed by atoms with Crippen LogP contribution in [0.2, 0.25) is 0 Å². The van der Waals surface area contributed by atoms with E-state index in [4.69, 9.17) is 0 Å². The van der Waals surface area contributed by atoms with Gasteiger partial charge in [0.1, 0.15) is 5.52 Å². The molecule has 28 heavy (non-hydrogen) atoms. The standard InChI is InChI=1S/C18H15N7O3/c1-2-24-14-6-4-3-5-13(14)16-17(24)20-18(23-21-16)22-19-10-11-9-12(25(27)28)7-8-15(11)26/h3-10,26H,2H2,1H3,(H,20,22,23)/p-1/b19-10-. The summed E-state index contributed by atoms with van der Waals surface area (Å²) in [6, 6.07) is 11.3. The first-order valence-electron chi connectivity index (χ1n) is 8.44. The molecule has 4 aromatic rings. The number of hydrazone groups is 1. The molecule has 0 spiro atoms. The average molecular weight is 376 g/mol. The first-order chi connectivity index (χ1) is 13.6. The van der Waals surface area contributed by atoms with E-state index < -0.39 is 4.92 Å². The van der Waals surface area contributed by atoms with Crippen molar-refractivity contribution in [2.45, 2.75) is 13.5 Å². The molecular formula is C18H14N7O3-. The first kappa shape index (κ1) is 17.3. The Bertz CT molecular complexity index is 1230. The molecule has 10 nitrogen and oxygen atoms in total. The Morgan fingerprint density at radius 1 is 1.25 bits per heavy atom. The molecule has 0 aliphatic heterocycles. The summed E-state index contributed by atoms with van der Waals surface area (Å²) in [6.45, 7) is 2.72. The quantitative estimate of drug-likeness (QED) is 0.321. The summed E-state index contributed by atoms with van der Waals surface area (Å²) in [4.78, 5) is 14.7. The second-order valence-corrected chi connectivity index (χ2v) is 5.92. The van der Waals surface area contributed by atoms with E-state index in [9.17, 15) is 15.2 Å². The Morgan fingerprint density at radius 2 is 2.07 bits per heavy atom. The molecule has 0 saturated carbocycles. The molecule has 1 N–H and O–H groups in total. The van der Waals surface area contributed by atoms with Crippen LogP contribution in [0.1, 0.15) is 12.5 Å². The molecule has 0 amide bonds. The summed E-state index contributed by atoms with van der Waals surface area (Å²) in [5.41, 5.74) is 4.87. The van der Waals surface area contributed by atoms with E-state index in [1.165, 1.54) is 6.21 Å². The average Bonchev–Trinajstić information content (AvgIpc) is 3.02. The van der Waals surface area contributed by atoms with Gasteiger partial charge in [0.2, 0.25) is 0 Å². The highest BCUT2D eigenvalue weighted by atomic mass is 16.6. The van der Waals surface area contributed by atoms with Gasteiger partial charge >= 0.3 is 0 Å². The van der Waals surface area contributed by atoms with Gasteiger partial charge in [-0.1, -0.05) is 30.0 Å². The van der Waals surface area contributed by atoms with E-state index in [1.54, 1.807) is 0 Å². The number of anilines is 1. The number of non-ortho nitro benzene ring substituents is 1. The lowest BCUT2D eigenvalue weighted by Gasteiger charge is -2.08. The topological polar surface area (TPSA) is 134 Å². The Morgan fingerprint density at radius 3 is 2.86 bits per heavy atom. The van der Waals surface area contributed by atoms with Gasteiger partial charge in [-0.25, -0.2) is 5.43 Å². The third kappa shape index (κ3) is 2.96. The SMILES string of the molecule is CCn1c2ccccc2c2nnc(N/N=C\c3cc([N+](=O)[O-])ccc3[O-])nc21. The summed E-state index contributed by atoms with van der Waals surface area (Å²) in [5, 5.41) is 35.8. The second-order valence-electron chi connectivity index (χ2n) is 5.92. The Balaban J connectivity index is 1.66. The van der Waals surface area contributed by atoms with E-state index >= 15 is 0 Å². The zero-order valence-corrected chi connectivity index (χ0v) is 14.7. The molecule has 0 unspecified atom stereocenters. The van der Waals surface area contributed by atoms with E-state index in [1.807, 2.05) is 35.8 Å². The van der Waals surface area contributed by atoms with Crippen LogP contribution in [0.25, 0.3) is 22.1 Å². The first-order valence-corrected chi connectivity index (χ1v) is 8.44. The van der Waals surface area contributed by atoms with E-state index in [0.29, 0.717) is 17.7 Å². The molecule has 0 fully saturated rings. The van der Waals surface area contributed by atoms with Crippen LogP contribution in [-0.2, 0) is 6.54 Å². The number of nitrogens with zero attached hydrogens (tertiary/aromatic N) is 6. The molecular weight excluding hydrogens is 362 g/mol. The smallest absolute Gasteiger partial charge is 0.270 e. The highest BCUT2D eigenvalue weighted by Gasteiger charge is 2.13. The number of benzene rings is 2. The maximum Gasteiger partial charge on any atom is 0.270 e. The molecule has 0 atom stereocenters. The van der Waals surface area contributed by atoms with Crippen molar-refractivity contribution in [3.05, 3.63) is 58.1 Å². The van der Waals surface area contributed by atoms with Gasteiger partial charge in [0.25, 0.3) is 11.6 Å². The van der Waals surface area contributed by atoms with Crippen molar-refractivity contribution in [2.75, 3.05) is 5.43 Å². The van der Waals surface area contributed by atoms with Crippen LogP contribution >= 0.6 is 0 Å². The number of hydrogen-bond donors (Lipinski definition) is 1. The lowest BCUT2D eigenvalue weighted by Crippen LogP contribution is -2.03. The van der Waals surface area contributed by atoms with Crippen molar-refractivity contribution in [1.29, 1.82) is 0 Å². The van der Waals surface area contributed by atoms with Gasteiger partial charge in [0.15, 0.2) is 5.65 Å². The van der Waals surface area contributed by atoms with Gasteiger partial charge in [-0.2, -0.15) is 10.1 Å². The molecule has 0 aliphatic rings. The van der Waals surface area contributed by atoms with Crippen LogP contribution in [0.15, 0.2) is 47.6 Å². The van der Waals surface area contributed by atoms with Crippen molar-refractivity contribution in [2.24, 2.45) is 5.10 Å². The number of nitrogens with one attached hydrogen (secondary N) is 1. The van der Waals surface area contributed by atoms with Crippen molar-refractivity contribution in [3.63, 3.8) is 0 Å². The van der Waals surface area contributed by atoms with Crippen LogP contribution in [0.5, 0.6) is 5.75 Å². The summed E-state index contributed by atoms with van der Waals surface area (Å²) < 4.78 is 2.02. The van der Waals surface area contributed by atoms with Crippen LogP contribution in [-0.4, -0.2) is 30.9 Å². The molecule has 0 bridgehead atoms. The third-order valence-electron chi connectivity index (χ3n) is 4.26. The molecule has 4 rings (SSSR count). The van der Waals surface area contributed by atoms with Crippen molar-refractivity contribution < 1.29 is 10.0 Å². The van der Waals surface area contributed by atoms with Crippen LogP contribution < -0.4 is 10.5 Å². The van der Waals surface area contributed by atoms with Crippen molar-refractivity contribution in [3.8, 4) is 5.75 Å². The number of hydrogen-bond acceptors (Lipinski definition) is 8. The monoisotopic (exact) mass is 376 g/mol. The van der Waals surface area contributed by atoms with E-state index in [0.717, 1.165) is 29.1 Å². The van der Waals surface area contributed by atoms with Gasteiger partial charge in [0.05, 0.1) is 16.7 Å². The fourth-order valence-electron chi connectivity index (χ4n) is 2.98. The maximum absolute atomic E-state index is 11.8. The molecule has 2 aromatic heterocycles. The summed E-state index contributed by atoms with van der Waals surface area (Å²) >= 11 is 0. The number of nitro benzene ring substituents is 1. The zero-order valence-electron chi connectivity index (χ0n) is 14.7. The normalized spacial score (nSPS) is 11.5. The van der Waals surface area contributed by atoms with Gasteiger partial charge < -0.3 is 9.67 Å². The van der Waals surface area contributed by atoms with E-state index in [-0.39, 0.29) is 22.9 Å². The molecule has 0 aliphatic carbocycles. The van der Waals surface area contributed by atoms with Crippen molar-refractivity contribution >= 4 is 39.9 Å². The third-order valence-corrected chi connectivity index (χ3v) is 4.26. The summed E-state index contributed by atoms with van der Waals surface area (Å²) in [6.07, 6.45) is 1.19. The highest BCUT2D eigenvalue weighted by molar-refractivity contribution is 6.04. The lowest BCUT2D eigenvalue weighted by atomic mass is 10.2. The second kappa shape index (κ2) is 6.91. The highest BCUT2D eigenvalue weighted by Crippen LogP contribution is 2.26. The van der Waals surface area contributed by atoms with Gasteiger partial charge in [-0.05, 0) is 18.6 Å². The number of para-hydroxylation sites is 1. The fraction of sp³-hybridized carbons (Fsp3) is 0.111. The number of aromatic nitrogens is 4. The zero-order chi connectivity index (χ0) is 19.7. The molecule has 2 heterocycles. The minimum Gasteiger partial charge on any atom is -0.872 e. The van der Waals surface area contributed by atoms with Crippen LogP contribution in [0, 0.1) is 10.1 Å². The lowest BCUT2D eigenvalue weighted by molar-refractivity contribution is -0.385. The Labute approximate surface area is 158 Å². The molecule has 140 valence electrons. The minimum atomic E-state index is -0.575. The number of aryl methyl sites for hydroxylation is 1. The fourth-order valence-corrected chi connectivity index (χ4v) is 2.98. The van der Waals surface area contributed by atoms with Crippen LogP contribution in [0.4, 0.5) is 11.6 Å². The summed E-state index contributed by atoms with van der Waals surface area (Å²) in [5.74, 6) is -0.226. The van der Waals surface area contributed by atoms with Gasteiger partial charge in [-0.15, -0.1) is 10.2 Å². The molecule has 10 heteroatoms. The molecule has 0 radical (unpaired) electrons. The number of nitro groups is 1. The summed E-state index contributed by atoms with van der Waals surface area (Å²) in [7, 11) is 0. The molecule has 2 aromatic carbocycles. The van der Waals surface area contributed by atoms with Crippen molar-refractivity contribution in [1.82, 2.24) is 19.7 Å². The van der Waals surface area contributed by atoms with Gasteiger partial charge in [-0.3, -0.25) is 10.1 Å². The van der Waals surface area contributed by atoms with E-state index in [2.05, 4.69) is 25.7 Å².